The summed E-state index contributed by atoms with van der Waals surface area (Å²) in [4.78, 5) is 4.59. The van der Waals surface area contributed by atoms with Gasteiger partial charge in [0.05, 0.1) is 36.5 Å². The van der Waals surface area contributed by atoms with E-state index >= 15 is 0 Å². The van der Waals surface area contributed by atoms with Crippen LogP contribution in [0.1, 0.15) is 11.1 Å². The van der Waals surface area contributed by atoms with Crippen LogP contribution in [0.15, 0.2) is 201 Å². The third-order valence-corrected chi connectivity index (χ3v) is 19.2. The second-order valence-electron chi connectivity index (χ2n) is 18.3. The Hall–Kier alpha value is -9.09. The Balaban J connectivity index is 0.993. The zero-order valence-electron chi connectivity index (χ0n) is 43.1. The van der Waals surface area contributed by atoms with E-state index in [0.29, 0.717) is 40.2 Å². The fourth-order valence-corrected chi connectivity index (χ4v) is 13.4. The molecule has 0 amide bonds. The molecule has 10 rings (SSSR count). The maximum atomic E-state index is 13.8. The summed E-state index contributed by atoms with van der Waals surface area (Å²) in [5.41, 5.74) is 1.25. The molecule has 2 heterocycles. The average Bonchev–Trinajstić information content (AvgIpc) is 3.25. The van der Waals surface area contributed by atoms with E-state index in [1.54, 1.807) is 13.0 Å². The highest BCUT2D eigenvalue weighted by Crippen LogP contribution is 2.44. The minimum atomic E-state index is -5.40. The van der Waals surface area contributed by atoms with E-state index in [1.807, 2.05) is 42.5 Å². The normalized spacial score (nSPS) is 12.8. The first-order valence-electron chi connectivity index (χ1n) is 23.9. The van der Waals surface area contributed by atoms with Crippen LogP contribution in [0.4, 0.5) is 50.2 Å². The smallest absolute Gasteiger partial charge is 0.295 e. The number of azo groups is 2. The number of hydrogen-bond donors (Lipinski definition) is 8. The molecule has 0 aliphatic rings. The van der Waals surface area contributed by atoms with E-state index in [9.17, 15) is 78.5 Å². The minimum Gasteiger partial charge on any atom is -0.339 e. The second kappa shape index (κ2) is 22.4. The number of anilines is 5. The molecule has 86 heavy (non-hydrogen) atoms. The van der Waals surface area contributed by atoms with Crippen LogP contribution in [0.25, 0.3) is 43.6 Å². The Bertz CT molecular complexity index is 5340. The predicted molar refractivity (Wildman–Crippen MR) is 314 cm³/mol. The van der Waals surface area contributed by atoms with Gasteiger partial charge in [0.2, 0.25) is 5.13 Å². The van der Waals surface area contributed by atoms with Gasteiger partial charge in [0.25, 0.3) is 60.6 Å². The largest absolute Gasteiger partial charge is 0.339 e. The van der Waals surface area contributed by atoms with Gasteiger partial charge in [0.15, 0.2) is 16.6 Å². The summed E-state index contributed by atoms with van der Waals surface area (Å²) in [6, 6.07) is 35.6. The number of thiazole rings is 1. The van der Waals surface area contributed by atoms with E-state index in [-0.39, 0.29) is 55.6 Å². The standard InChI is InChI=1S/C52H36N10O17S7/c1-28-44(27-53)49(54-34-11-16-38(17-12-34)82(65,66)67)57-50(55-35-13-18-39(19-14-35)83(68,69)70)47(28)59-61-52-56-48(33-7-6-29-4-2-3-5-30(29)20-33)51(80-52)60-58-36-10-8-32-22-40(15-9-31(32)21-36)81(63,64)62-37-23-42-43(45(24-37)85(74,75)76)25-41(84(71,72)73)26-46(42)86(77,78)79/h2-26,62H,1H3,(H2,54,55,57)(H,65,66,67)(H,68,69,70)(H,71,72,73)(H,74,75,76)(H,77,78,79)/b60-58+,61-59+. The quantitative estimate of drug-likeness (QED) is 0.0310. The number of nitrogens with zero attached hydrogens (tertiary/aromatic N) is 7. The van der Waals surface area contributed by atoms with Crippen LogP contribution >= 0.6 is 11.3 Å². The maximum Gasteiger partial charge on any atom is 0.295 e. The van der Waals surface area contributed by atoms with Gasteiger partial charge >= 0.3 is 0 Å². The molecule has 0 saturated heterocycles. The Kier molecular flexibility index (Phi) is 15.6. The highest BCUT2D eigenvalue weighted by atomic mass is 32.2. The zero-order valence-corrected chi connectivity index (χ0v) is 48.8. The molecule has 0 spiro atoms. The Morgan fingerprint density at radius 3 is 1.62 bits per heavy atom. The van der Waals surface area contributed by atoms with Crippen LogP contribution in [-0.4, -0.2) is 83.2 Å². The molecule has 0 unspecified atom stereocenters. The topological polar surface area (TPSA) is 441 Å². The Morgan fingerprint density at radius 1 is 0.477 bits per heavy atom. The highest BCUT2D eigenvalue weighted by Gasteiger charge is 2.28. The molecular weight excluding hydrogens is 1260 g/mol. The summed E-state index contributed by atoms with van der Waals surface area (Å²) in [6.07, 6.45) is 0. The van der Waals surface area contributed by atoms with Gasteiger partial charge in [-0.2, -0.15) is 47.4 Å². The fraction of sp³-hybridized carbons (Fsp3) is 0.0192. The van der Waals surface area contributed by atoms with Crippen molar-refractivity contribution in [3.05, 3.63) is 163 Å². The van der Waals surface area contributed by atoms with Gasteiger partial charge in [0, 0.05) is 33.3 Å². The molecule has 0 fully saturated rings. The predicted octanol–water partition coefficient (Wildman–Crippen LogP) is 11.2. The van der Waals surface area contributed by atoms with Crippen molar-refractivity contribution in [2.24, 2.45) is 20.5 Å². The molecule has 0 aliphatic heterocycles. The number of fused-ring (bicyclic) bond motifs is 3. The molecule has 0 aliphatic carbocycles. The summed E-state index contributed by atoms with van der Waals surface area (Å²) in [5, 5.41) is 35.7. The summed E-state index contributed by atoms with van der Waals surface area (Å²) < 4.78 is 199. The van der Waals surface area contributed by atoms with Crippen LogP contribution in [0.3, 0.4) is 0 Å². The van der Waals surface area contributed by atoms with Gasteiger partial charge in [-0.15, -0.1) is 20.5 Å². The van der Waals surface area contributed by atoms with Gasteiger partial charge in [-0.05, 0) is 132 Å². The molecule has 0 saturated carbocycles. The first-order valence-corrected chi connectivity index (χ1v) is 33.4. The number of rotatable bonds is 17. The lowest BCUT2D eigenvalue weighted by molar-refractivity contribution is 0.478. The van der Waals surface area contributed by atoms with Crippen LogP contribution in [-0.2, 0) is 60.6 Å². The molecule has 27 nitrogen and oxygen atoms in total. The van der Waals surface area contributed by atoms with Gasteiger partial charge in [-0.25, -0.2) is 18.4 Å². The number of pyridine rings is 1. The van der Waals surface area contributed by atoms with Gasteiger partial charge in [0.1, 0.15) is 27.2 Å². The van der Waals surface area contributed by atoms with Crippen molar-refractivity contribution < 1.29 is 73.3 Å². The van der Waals surface area contributed by atoms with E-state index in [0.717, 1.165) is 52.4 Å². The zero-order chi connectivity index (χ0) is 61.9. The first-order chi connectivity index (χ1) is 40.3. The fourth-order valence-electron chi connectivity index (χ4n) is 8.62. The second-order valence-corrected chi connectivity index (χ2v) is 28.0. The number of aromatic nitrogens is 2. The van der Waals surface area contributed by atoms with Gasteiger partial charge < -0.3 is 10.6 Å². The third-order valence-electron chi connectivity index (χ3n) is 12.6. The van der Waals surface area contributed by atoms with Crippen molar-refractivity contribution >= 4 is 154 Å². The lowest BCUT2D eigenvalue weighted by Crippen LogP contribution is -2.14. The summed E-state index contributed by atoms with van der Waals surface area (Å²) in [7, 11) is -29.8. The molecule has 0 radical (unpaired) electrons. The first kappa shape index (κ1) is 60.0. The van der Waals surface area contributed by atoms with Crippen LogP contribution < -0.4 is 15.4 Å². The van der Waals surface area contributed by atoms with Crippen molar-refractivity contribution in [2.45, 2.75) is 36.3 Å². The summed E-state index contributed by atoms with van der Waals surface area (Å²) in [6.45, 7) is 1.55. The number of nitriles is 1. The van der Waals surface area contributed by atoms with Crippen molar-refractivity contribution in [3.8, 4) is 17.3 Å². The van der Waals surface area contributed by atoms with Crippen molar-refractivity contribution in [1.82, 2.24) is 9.97 Å². The van der Waals surface area contributed by atoms with Crippen molar-refractivity contribution in [2.75, 3.05) is 15.4 Å². The van der Waals surface area contributed by atoms with Crippen LogP contribution in [0, 0.1) is 18.3 Å². The molecule has 8 N–H and O–H groups in total. The van der Waals surface area contributed by atoms with E-state index < -0.39 is 106 Å². The monoisotopic (exact) mass is 1300 g/mol. The summed E-state index contributed by atoms with van der Waals surface area (Å²) >= 11 is 0.962. The molecule has 438 valence electrons. The molecule has 0 atom stereocenters. The van der Waals surface area contributed by atoms with Crippen molar-refractivity contribution in [1.29, 1.82) is 5.26 Å². The Labute approximate surface area is 491 Å². The Morgan fingerprint density at radius 2 is 1.01 bits per heavy atom. The van der Waals surface area contributed by atoms with Gasteiger partial charge in [-0.3, -0.25) is 27.5 Å². The number of sulfonamides is 1. The average molecular weight is 1300 g/mol. The SMILES string of the molecule is Cc1c(C#N)c(Nc2ccc(S(=O)(=O)O)cc2)nc(Nc2ccc(S(=O)(=O)O)cc2)c1/N=N/c1nc(-c2ccc3ccccc3c2)c(/N=N/c2ccc3cc(S(=O)(=O)Nc4cc(S(=O)(=O)O)c5cc(S(=O)(=O)O)cc(S(=O)(=O)O)c5c4)ccc3c2)s1. The van der Waals surface area contributed by atoms with E-state index in [1.165, 1.54) is 54.6 Å². The maximum absolute atomic E-state index is 13.8. The van der Waals surface area contributed by atoms with Crippen molar-refractivity contribution in [3.63, 3.8) is 0 Å². The molecular formula is C52H36N10O17S7. The number of hydrogen-bond acceptors (Lipinski definition) is 22. The molecule has 10 aromatic rings. The molecule has 2 aromatic heterocycles. The van der Waals surface area contributed by atoms with E-state index in [4.69, 9.17) is 4.98 Å². The number of benzene rings is 8. The molecule has 34 heteroatoms. The molecule has 8 aromatic carbocycles. The molecule has 0 bridgehead atoms. The van der Waals surface area contributed by atoms with Gasteiger partial charge in [-0.1, -0.05) is 59.9 Å². The van der Waals surface area contributed by atoms with Crippen LogP contribution in [0.2, 0.25) is 0 Å². The lowest BCUT2D eigenvalue weighted by atomic mass is 10.1. The number of nitrogens with one attached hydrogen (secondary N) is 3. The minimum absolute atomic E-state index is 0.00889. The highest BCUT2D eigenvalue weighted by molar-refractivity contribution is 7.92. The lowest BCUT2D eigenvalue weighted by Gasteiger charge is -2.16. The summed E-state index contributed by atoms with van der Waals surface area (Å²) in [5.74, 6) is -0.0585. The third kappa shape index (κ3) is 12.9. The van der Waals surface area contributed by atoms with Crippen LogP contribution in [0.5, 0.6) is 0 Å². The van der Waals surface area contributed by atoms with E-state index in [2.05, 4.69) is 46.9 Å².